The van der Waals surface area contributed by atoms with Crippen LogP contribution in [-0.2, 0) is 13.1 Å². The molecular formula is C26H21N7O2. The minimum absolute atomic E-state index is 0.124. The first-order valence-corrected chi connectivity index (χ1v) is 11.3. The van der Waals surface area contributed by atoms with E-state index in [-0.39, 0.29) is 5.91 Å². The standard InChI is InChI=1S/C26H21N7O2/c34-26(32-14-15-33-24(17-32)30-31-25(33)21-8-4-5-13-27-21)23-16-22(28-29-23)18-9-11-20(12-10-18)35-19-6-2-1-3-7-19/h1-13,16H,14-15,17H2,(H,28,29). The fraction of sp³-hybridized carbons (Fsp3) is 0.115. The maximum absolute atomic E-state index is 13.2. The molecule has 4 heterocycles. The summed E-state index contributed by atoms with van der Waals surface area (Å²) >= 11 is 0. The molecule has 172 valence electrons. The molecule has 3 aromatic heterocycles. The van der Waals surface area contributed by atoms with Gasteiger partial charge in [-0.1, -0.05) is 24.3 Å². The summed E-state index contributed by atoms with van der Waals surface area (Å²) in [6.45, 7) is 1.52. The molecule has 6 rings (SSSR count). The van der Waals surface area contributed by atoms with Crippen LogP contribution in [0.5, 0.6) is 11.5 Å². The lowest BCUT2D eigenvalue weighted by molar-refractivity contribution is 0.0702. The number of benzene rings is 2. The zero-order valence-corrected chi connectivity index (χ0v) is 18.7. The third-order valence-electron chi connectivity index (χ3n) is 5.87. The molecule has 1 amide bonds. The molecular weight excluding hydrogens is 442 g/mol. The van der Waals surface area contributed by atoms with E-state index < -0.39 is 0 Å². The van der Waals surface area contributed by atoms with Gasteiger partial charge in [-0.3, -0.25) is 14.9 Å². The highest BCUT2D eigenvalue weighted by atomic mass is 16.5. The van der Waals surface area contributed by atoms with Crippen molar-refractivity contribution < 1.29 is 9.53 Å². The minimum atomic E-state index is -0.124. The van der Waals surface area contributed by atoms with E-state index in [2.05, 4.69) is 25.4 Å². The highest BCUT2D eigenvalue weighted by Crippen LogP contribution is 2.26. The average Bonchev–Trinajstić information content (AvgIpc) is 3.57. The molecule has 0 atom stereocenters. The minimum Gasteiger partial charge on any atom is -0.457 e. The molecule has 1 aliphatic rings. The Kier molecular flexibility index (Phi) is 5.27. The van der Waals surface area contributed by atoms with Crippen molar-refractivity contribution in [1.82, 2.24) is 34.8 Å². The van der Waals surface area contributed by atoms with Gasteiger partial charge in [-0.2, -0.15) is 5.10 Å². The van der Waals surface area contributed by atoms with Crippen molar-refractivity contribution in [2.24, 2.45) is 0 Å². The molecule has 9 heteroatoms. The van der Waals surface area contributed by atoms with Crippen LogP contribution in [0.4, 0.5) is 0 Å². The number of ether oxygens (including phenoxy) is 1. The molecule has 0 saturated carbocycles. The van der Waals surface area contributed by atoms with Crippen LogP contribution in [0.1, 0.15) is 16.3 Å². The number of nitrogens with one attached hydrogen (secondary N) is 1. The van der Waals surface area contributed by atoms with E-state index in [1.54, 1.807) is 17.2 Å². The van der Waals surface area contributed by atoms with Gasteiger partial charge < -0.3 is 14.2 Å². The number of carbonyl (C=O) groups excluding carboxylic acids is 1. The molecule has 1 aliphatic heterocycles. The number of fused-ring (bicyclic) bond motifs is 1. The lowest BCUT2D eigenvalue weighted by atomic mass is 10.1. The predicted molar refractivity (Wildman–Crippen MR) is 129 cm³/mol. The van der Waals surface area contributed by atoms with Crippen LogP contribution in [0.3, 0.4) is 0 Å². The molecule has 9 nitrogen and oxygen atoms in total. The smallest absolute Gasteiger partial charge is 0.272 e. The van der Waals surface area contributed by atoms with Crippen molar-refractivity contribution >= 4 is 5.91 Å². The Bertz CT molecular complexity index is 1460. The molecule has 0 aliphatic carbocycles. The number of nitrogens with zero attached hydrogens (tertiary/aromatic N) is 6. The van der Waals surface area contributed by atoms with Crippen molar-refractivity contribution in [2.75, 3.05) is 6.54 Å². The Hall–Kier alpha value is -4.79. The third kappa shape index (κ3) is 4.15. The zero-order valence-electron chi connectivity index (χ0n) is 18.7. The highest BCUT2D eigenvalue weighted by molar-refractivity contribution is 5.93. The first-order valence-electron chi connectivity index (χ1n) is 11.3. The molecule has 1 N–H and O–H groups in total. The lowest BCUT2D eigenvalue weighted by Crippen LogP contribution is -2.38. The monoisotopic (exact) mass is 463 g/mol. The normalized spacial score (nSPS) is 12.9. The van der Waals surface area contributed by atoms with E-state index >= 15 is 0 Å². The summed E-state index contributed by atoms with van der Waals surface area (Å²) in [7, 11) is 0. The number of carbonyl (C=O) groups is 1. The molecule has 0 fully saturated rings. The largest absolute Gasteiger partial charge is 0.457 e. The number of hydrogen-bond donors (Lipinski definition) is 1. The third-order valence-corrected chi connectivity index (χ3v) is 5.87. The summed E-state index contributed by atoms with van der Waals surface area (Å²) in [5, 5.41) is 15.8. The van der Waals surface area contributed by atoms with E-state index in [1.807, 2.05) is 77.4 Å². The summed E-state index contributed by atoms with van der Waals surface area (Å²) in [6, 6.07) is 24.7. The van der Waals surface area contributed by atoms with E-state index in [9.17, 15) is 4.79 Å². The molecule has 2 aromatic carbocycles. The number of H-pyrrole nitrogens is 1. The number of aromatic nitrogens is 6. The van der Waals surface area contributed by atoms with Gasteiger partial charge in [-0.05, 0) is 54.6 Å². The van der Waals surface area contributed by atoms with Crippen molar-refractivity contribution in [3.05, 3.63) is 96.6 Å². The highest BCUT2D eigenvalue weighted by Gasteiger charge is 2.27. The summed E-state index contributed by atoms with van der Waals surface area (Å²) < 4.78 is 7.86. The maximum atomic E-state index is 13.2. The van der Waals surface area contributed by atoms with Crippen LogP contribution >= 0.6 is 0 Å². The average molecular weight is 464 g/mol. The van der Waals surface area contributed by atoms with E-state index in [1.165, 1.54) is 0 Å². The van der Waals surface area contributed by atoms with Crippen LogP contribution < -0.4 is 4.74 Å². The molecule has 0 unspecified atom stereocenters. The van der Waals surface area contributed by atoms with Gasteiger partial charge in [-0.15, -0.1) is 10.2 Å². The molecule has 35 heavy (non-hydrogen) atoms. The van der Waals surface area contributed by atoms with Crippen LogP contribution in [0.25, 0.3) is 22.8 Å². The first-order chi connectivity index (χ1) is 17.2. The van der Waals surface area contributed by atoms with E-state index in [0.717, 1.165) is 34.4 Å². The Labute approximate surface area is 201 Å². The molecule has 0 spiro atoms. The first kappa shape index (κ1) is 20.8. The van der Waals surface area contributed by atoms with Crippen molar-refractivity contribution in [2.45, 2.75) is 13.1 Å². The molecule has 5 aromatic rings. The molecule has 0 saturated heterocycles. The SMILES string of the molecule is O=C(c1cc(-c2ccc(Oc3ccccc3)cc2)n[nH]1)N1CCn2c(nnc2-c2ccccn2)C1. The second-order valence-corrected chi connectivity index (χ2v) is 8.14. The van der Waals surface area contributed by atoms with Gasteiger partial charge in [0, 0.05) is 24.8 Å². The number of amides is 1. The lowest BCUT2D eigenvalue weighted by Gasteiger charge is -2.27. The summed E-state index contributed by atoms with van der Waals surface area (Å²) in [6.07, 6.45) is 1.73. The van der Waals surface area contributed by atoms with Crippen molar-refractivity contribution in [3.63, 3.8) is 0 Å². The number of para-hydroxylation sites is 1. The number of hydrogen-bond acceptors (Lipinski definition) is 6. The van der Waals surface area contributed by atoms with Gasteiger partial charge in [0.1, 0.15) is 22.9 Å². The number of rotatable bonds is 5. The number of aromatic amines is 1. The van der Waals surface area contributed by atoms with Crippen molar-refractivity contribution in [1.29, 1.82) is 0 Å². The van der Waals surface area contributed by atoms with Crippen LogP contribution in [0.15, 0.2) is 85.1 Å². The Morgan fingerprint density at radius 3 is 2.46 bits per heavy atom. The summed E-state index contributed by atoms with van der Waals surface area (Å²) in [5.74, 6) is 2.84. The van der Waals surface area contributed by atoms with Gasteiger partial charge in [0.05, 0.1) is 12.2 Å². The molecule has 0 bridgehead atoms. The Morgan fingerprint density at radius 2 is 1.66 bits per heavy atom. The van der Waals surface area contributed by atoms with Gasteiger partial charge in [0.2, 0.25) is 0 Å². The van der Waals surface area contributed by atoms with Crippen LogP contribution in [0, 0.1) is 0 Å². The quantitative estimate of drug-likeness (QED) is 0.420. The zero-order chi connectivity index (χ0) is 23.6. The fourth-order valence-electron chi connectivity index (χ4n) is 4.08. The van der Waals surface area contributed by atoms with E-state index in [4.69, 9.17) is 4.74 Å². The number of pyridine rings is 1. The van der Waals surface area contributed by atoms with Crippen LogP contribution in [0.2, 0.25) is 0 Å². The second kappa shape index (κ2) is 8.86. The van der Waals surface area contributed by atoms with Gasteiger partial charge in [0.25, 0.3) is 5.91 Å². The fourth-order valence-corrected chi connectivity index (χ4v) is 4.08. The van der Waals surface area contributed by atoms with Crippen molar-refractivity contribution in [3.8, 4) is 34.3 Å². The van der Waals surface area contributed by atoms with Gasteiger partial charge >= 0.3 is 0 Å². The van der Waals surface area contributed by atoms with Gasteiger partial charge in [-0.25, -0.2) is 0 Å². The molecule has 0 radical (unpaired) electrons. The van der Waals surface area contributed by atoms with E-state index in [0.29, 0.717) is 31.0 Å². The van der Waals surface area contributed by atoms with Crippen LogP contribution in [-0.4, -0.2) is 47.3 Å². The Balaban J connectivity index is 1.15. The Morgan fingerprint density at radius 1 is 0.857 bits per heavy atom. The maximum Gasteiger partial charge on any atom is 0.272 e. The predicted octanol–water partition coefficient (Wildman–Crippen LogP) is 4.18. The van der Waals surface area contributed by atoms with Gasteiger partial charge in [0.15, 0.2) is 11.6 Å². The second-order valence-electron chi connectivity index (χ2n) is 8.14. The topological polar surface area (TPSA) is 102 Å². The summed E-state index contributed by atoms with van der Waals surface area (Å²) in [5.41, 5.74) is 2.78. The summed E-state index contributed by atoms with van der Waals surface area (Å²) in [4.78, 5) is 19.3.